The smallest absolute Gasteiger partial charge is 0.151 e. The van der Waals surface area contributed by atoms with E-state index in [1.807, 2.05) is 25.9 Å². The summed E-state index contributed by atoms with van der Waals surface area (Å²) in [6.45, 7) is 2.52. The third kappa shape index (κ3) is 4.37. The Balaban J connectivity index is 4.20. The summed E-state index contributed by atoms with van der Waals surface area (Å²) in [7, 11) is 0.914. The van der Waals surface area contributed by atoms with Gasteiger partial charge in [-0.1, -0.05) is 6.92 Å². The van der Waals surface area contributed by atoms with Gasteiger partial charge in [0.15, 0.2) is 9.84 Å². The van der Waals surface area contributed by atoms with Crippen LogP contribution >= 0.6 is 0 Å². The van der Waals surface area contributed by atoms with Crippen LogP contribution in [0.25, 0.3) is 0 Å². The molecule has 0 spiro atoms. The molecule has 0 heterocycles. The fraction of sp³-hybridized carbons (Fsp3) is 1.00. The Morgan fingerprint density at radius 1 is 1.36 bits per heavy atom. The van der Waals surface area contributed by atoms with Crippen molar-refractivity contribution in [3.05, 3.63) is 0 Å². The van der Waals surface area contributed by atoms with Crippen LogP contribution in [0.2, 0.25) is 0 Å². The molecule has 0 aromatic heterocycles. The number of hydrogen-bond donors (Lipinski definition) is 0. The molecule has 1 unspecified atom stereocenters. The summed E-state index contributed by atoms with van der Waals surface area (Å²) in [6.07, 6.45) is 1.99. The normalized spacial score (nSPS) is 15.4. The Bertz CT molecular complexity index is 196. The monoisotopic (exact) mass is 179 g/mol. The molecule has 3 nitrogen and oxygen atoms in total. The van der Waals surface area contributed by atoms with Crippen molar-refractivity contribution < 1.29 is 8.42 Å². The van der Waals surface area contributed by atoms with E-state index in [4.69, 9.17) is 0 Å². The van der Waals surface area contributed by atoms with Crippen LogP contribution in [0.4, 0.5) is 0 Å². The SMILES string of the molecule is CCC(CN(C)C)S(C)(=O)=O. The lowest BCUT2D eigenvalue weighted by Crippen LogP contribution is -2.31. The molecule has 0 saturated carbocycles. The van der Waals surface area contributed by atoms with E-state index >= 15 is 0 Å². The maximum absolute atomic E-state index is 11.1. The van der Waals surface area contributed by atoms with Crippen molar-refractivity contribution >= 4 is 9.84 Å². The van der Waals surface area contributed by atoms with E-state index in [9.17, 15) is 8.42 Å². The first-order chi connectivity index (χ1) is 4.88. The van der Waals surface area contributed by atoms with E-state index in [-0.39, 0.29) is 5.25 Å². The van der Waals surface area contributed by atoms with Crippen molar-refractivity contribution in [2.75, 3.05) is 26.9 Å². The standard InChI is InChI=1S/C7H17NO2S/c1-5-7(6-8(2)3)11(4,9)10/h7H,5-6H2,1-4H3. The third-order valence-corrected chi connectivity index (χ3v) is 3.32. The second-order valence-corrected chi connectivity index (χ2v) is 5.45. The van der Waals surface area contributed by atoms with Crippen molar-refractivity contribution in [1.29, 1.82) is 0 Å². The predicted octanol–water partition coefficient (Wildman–Crippen LogP) is 0.371. The average molecular weight is 179 g/mol. The quantitative estimate of drug-likeness (QED) is 0.626. The molecule has 68 valence electrons. The van der Waals surface area contributed by atoms with Crippen LogP contribution in [0, 0.1) is 0 Å². The van der Waals surface area contributed by atoms with E-state index in [0.717, 1.165) is 0 Å². The van der Waals surface area contributed by atoms with Gasteiger partial charge < -0.3 is 4.90 Å². The van der Waals surface area contributed by atoms with Crippen LogP contribution in [0.5, 0.6) is 0 Å². The molecule has 0 aromatic rings. The lowest BCUT2D eigenvalue weighted by atomic mass is 10.3. The zero-order chi connectivity index (χ0) is 9.07. The van der Waals surface area contributed by atoms with E-state index in [1.165, 1.54) is 6.26 Å². The molecule has 0 aromatic carbocycles. The number of rotatable bonds is 4. The largest absolute Gasteiger partial charge is 0.308 e. The number of hydrogen-bond acceptors (Lipinski definition) is 3. The molecule has 0 aliphatic carbocycles. The highest BCUT2D eigenvalue weighted by Gasteiger charge is 2.18. The van der Waals surface area contributed by atoms with Crippen molar-refractivity contribution in [2.24, 2.45) is 0 Å². The average Bonchev–Trinajstić information content (AvgIpc) is 1.79. The molecular weight excluding hydrogens is 162 g/mol. The lowest BCUT2D eigenvalue weighted by Gasteiger charge is -2.17. The summed E-state index contributed by atoms with van der Waals surface area (Å²) in [4.78, 5) is 1.90. The molecule has 0 N–H and O–H groups in total. The number of sulfone groups is 1. The first-order valence-electron chi connectivity index (χ1n) is 3.71. The lowest BCUT2D eigenvalue weighted by molar-refractivity contribution is 0.396. The van der Waals surface area contributed by atoms with Gasteiger partial charge in [0, 0.05) is 12.8 Å². The minimum atomic E-state index is -2.85. The molecule has 4 heteroatoms. The minimum absolute atomic E-state index is 0.211. The highest BCUT2D eigenvalue weighted by molar-refractivity contribution is 7.91. The van der Waals surface area contributed by atoms with Crippen molar-refractivity contribution in [3.8, 4) is 0 Å². The van der Waals surface area contributed by atoms with Crippen molar-refractivity contribution in [2.45, 2.75) is 18.6 Å². The first-order valence-corrected chi connectivity index (χ1v) is 5.67. The van der Waals surface area contributed by atoms with Gasteiger partial charge in [0.05, 0.1) is 5.25 Å². The van der Waals surface area contributed by atoms with Crippen LogP contribution in [0.1, 0.15) is 13.3 Å². The van der Waals surface area contributed by atoms with Crippen molar-refractivity contribution in [1.82, 2.24) is 4.90 Å². The Hall–Kier alpha value is -0.0900. The molecule has 0 aliphatic heterocycles. The molecule has 0 aliphatic rings. The van der Waals surface area contributed by atoms with Crippen molar-refractivity contribution in [3.63, 3.8) is 0 Å². The molecule has 11 heavy (non-hydrogen) atoms. The summed E-state index contributed by atoms with van der Waals surface area (Å²) in [5, 5.41) is -0.211. The molecule has 0 rings (SSSR count). The number of nitrogens with zero attached hydrogens (tertiary/aromatic N) is 1. The van der Waals surface area contributed by atoms with Gasteiger partial charge >= 0.3 is 0 Å². The molecule has 1 atom stereocenters. The van der Waals surface area contributed by atoms with Gasteiger partial charge in [0.2, 0.25) is 0 Å². The van der Waals surface area contributed by atoms with Gasteiger partial charge in [-0.2, -0.15) is 0 Å². The van der Waals surface area contributed by atoms with E-state index in [0.29, 0.717) is 13.0 Å². The molecule has 0 bridgehead atoms. The van der Waals surface area contributed by atoms with Gasteiger partial charge in [-0.15, -0.1) is 0 Å². The molecule has 0 amide bonds. The Morgan fingerprint density at radius 2 is 1.82 bits per heavy atom. The minimum Gasteiger partial charge on any atom is -0.308 e. The summed E-state index contributed by atoms with van der Waals surface area (Å²) < 4.78 is 22.1. The van der Waals surface area contributed by atoms with Gasteiger partial charge in [-0.3, -0.25) is 0 Å². The topological polar surface area (TPSA) is 37.4 Å². The second kappa shape index (κ2) is 4.07. The first kappa shape index (κ1) is 10.9. The van der Waals surface area contributed by atoms with E-state index < -0.39 is 9.84 Å². The van der Waals surface area contributed by atoms with Gasteiger partial charge in [0.1, 0.15) is 0 Å². The molecule has 0 saturated heterocycles. The fourth-order valence-corrected chi connectivity index (χ4v) is 2.15. The molecular formula is C7H17NO2S. The van der Waals surface area contributed by atoms with Crippen LogP contribution in [0.3, 0.4) is 0 Å². The third-order valence-electron chi connectivity index (χ3n) is 1.63. The summed E-state index contributed by atoms with van der Waals surface area (Å²) in [5.41, 5.74) is 0. The fourth-order valence-electron chi connectivity index (χ4n) is 0.975. The summed E-state index contributed by atoms with van der Waals surface area (Å²) in [6, 6.07) is 0. The van der Waals surface area contributed by atoms with Gasteiger partial charge in [0.25, 0.3) is 0 Å². The predicted molar refractivity (Wildman–Crippen MR) is 47.5 cm³/mol. The Morgan fingerprint density at radius 3 is 1.91 bits per heavy atom. The van der Waals surface area contributed by atoms with Crippen LogP contribution in [0.15, 0.2) is 0 Å². The zero-order valence-electron chi connectivity index (χ0n) is 7.66. The van der Waals surface area contributed by atoms with Gasteiger partial charge in [-0.25, -0.2) is 8.42 Å². The van der Waals surface area contributed by atoms with Crippen LogP contribution in [-0.4, -0.2) is 45.5 Å². The van der Waals surface area contributed by atoms with E-state index in [1.54, 1.807) is 0 Å². The highest BCUT2D eigenvalue weighted by atomic mass is 32.2. The Kier molecular flexibility index (Phi) is 4.03. The van der Waals surface area contributed by atoms with Crippen LogP contribution in [-0.2, 0) is 9.84 Å². The Labute approximate surface area is 69.3 Å². The van der Waals surface area contributed by atoms with Gasteiger partial charge in [-0.05, 0) is 20.5 Å². The summed E-state index contributed by atoms with van der Waals surface area (Å²) in [5.74, 6) is 0. The molecule has 0 radical (unpaired) electrons. The highest BCUT2D eigenvalue weighted by Crippen LogP contribution is 2.04. The maximum atomic E-state index is 11.1. The van der Waals surface area contributed by atoms with E-state index in [2.05, 4.69) is 0 Å². The van der Waals surface area contributed by atoms with Crippen LogP contribution < -0.4 is 0 Å². The maximum Gasteiger partial charge on any atom is 0.151 e. The molecule has 0 fully saturated rings. The second-order valence-electron chi connectivity index (χ2n) is 3.12. The zero-order valence-corrected chi connectivity index (χ0v) is 8.48. The summed E-state index contributed by atoms with van der Waals surface area (Å²) >= 11 is 0.